The zero-order valence-electron chi connectivity index (χ0n) is 12.7. The van der Waals surface area contributed by atoms with Crippen molar-refractivity contribution in [2.45, 2.75) is 37.7 Å². The second kappa shape index (κ2) is 6.46. The molecule has 0 amide bonds. The number of rotatable bonds is 6. The summed E-state index contributed by atoms with van der Waals surface area (Å²) in [4.78, 5) is 0. The molecule has 112 valence electrons. The number of nitrogens with two attached hydrogens (primary N) is 1. The molecule has 2 N–H and O–H groups in total. The van der Waals surface area contributed by atoms with Crippen molar-refractivity contribution in [3.63, 3.8) is 0 Å². The van der Waals surface area contributed by atoms with E-state index in [9.17, 15) is 0 Å². The summed E-state index contributed by atoms with van der Waals surface area (Å²) in [5.41, 5.74) is 8.31. The van der Waals surface area contributed by atoms with Gasteiger partial charge >= 0.3 is 0 Å². The molecule has 0 radical (unpaired) electrons. The van der Waals surface area contributed by atoms with Crippen LogP contribution in [-0.2, 0) is 16.8 Å². The second-order valence-corrected chi connectivity index (χ2v) is 5.45. The standard InChI is InChI=1S/C16H25NO3/c1-18-10-12-14(19-2)7-6-13(15(12)20-3)16(11-17)8-4-5-9-16/h6-7H,4-5,8-11,17H2,1-3H3. The molecule has 1 aliphatic carbocycles. The summed E-state index contributed by atoms with van der Waals surface area (Å²) < 4.78 is 16.4. The van der Waals surface area contributed by atoms with Gasteiger partial charge in [0.25, 0.3) is 0 Å². The summed E-state index contributed by atoms with van der Waals surface area (Å²) in [6, 6.07) is 4.11. The van der Waals surface area contributed by atoms with Crippen molar-refractivity contribution < 1.29 is 14.2 Å². The van der Waals surface area contributed by atoms with Crippen molar-refractivity contribution in [1.82, 2.24) is 0 Å². The fourth-order valence-corrected chi connectivity index (χ4v) is 3.37. The van der Waals surface area contributed by atoms with Gasteiger partial charge in [-0.15, -0.1) is 0 Å². The fraction of sp³-hybridized carbons (Fsp3) is 0.625. The molecular weight excluding hydrogens is 254 g/mol. The minimum absolute atomic E-state index is 0.0418. The summed E-state index contributed by atoms with van der Waals surface area (Å²) in [6.07, 6.45) is 4.70. The van der Waals surface area contributed by atoms with Gasteiger partial charge in [-0.1, -0.05) is 18.9 Å². The van der Waals surface area contributed by atoms with Crippen molar-refractivity contribution in [2.75, 3.05) is 27.9 Å². The maximum atomic E-state index is 6.10. The molecule has 0 atom stereocenters. The Hall–Kier alpha value is -1.26. The Labute approximate surface area is 121 Å². The van der Waals surface area contributed by atoms with Gasteiger partial charge in [-0.2, -0.15) is 0 Å². The average Bonchev–Trinajstić information content (AvgIpc) is 2.97. The number of ether oxygens (including phenoxy) is 3. The zero-order chi connectivity index (χ0) is 14.6. The third-order valence-corrected chi connectivity index (χ3v) is 4.45. The van der Waals surface area contributed by atoms with Gasteiger partial charge in [-0.25, -0.2) is 0 Å². The summed E-state index contributed by atoms with van der Waals surface area (Å²) in [7, 11) is 5.05. The first-order chi connectivity index (χ1) is 9.72. The zero-order valence-corrected chi connectivity index (χ0v) is 12.7. The lowest BCUT2D eigenvalue weighted by Gasteiger charge is -2.31. The molecule has 0 heterocycles. The molecule has 0 spiro atoms. The van der Waals surface area contributed by atoms with E-state index in [1.54, 1.807) is 21.3 Å². The van der Waals surface area contributed by atoms with Gasteiger partial charge in [0.1, 0.15) is 11.5 Å². The Morgan fingerprint density at radius 2 is 1.80 bits per heavy atom. The Bertz CT molecular complexity index is 453. The molecule has 1 fully saturated rings. The predicted octanol–water partition coefficient (Wildman–Crippen LogP) is 2.62. The second-order valence-electron chi connectivity index (χ2n) is 5.45. The summed E-state index contributed by atoms with van der Waals surface area (Å²) in [6.45, 7) is 1.13. The van der Waals surface area contributed by atoms with Crippen LogP contribution in [0.1, 0.15) is 36.8 Å². The van der Waals surface area contributed by atoms with Crippen molar-refractivity contribution in [1.29, 1.82) is 0 Å². The maximum Gasteiger partial charge on any atom is 0.131 e. The van der Waals surface area contributed by atoms with E-state index in [0.717, 1.165) is 29.9 Å². The van der Waals surface area contributed by atoms with E-state index in [2.05, 4.69) is 6.07 Å². The van der Waals surface area contributed by atoms with Crippen LogP contribution in [-0.4, -0.2) is 27.9 Å². The highest BCUT2D eigenvalue weighted by Gasteiger charge is 2.37. The smallest absolute Gasteiger partial charge is 0.131 e. The van der Waals surface area contributed by atoms with E-state index in [1.807, 2.05) is 6.07 Å². The van der Waals surface area contributed by atoms with Crippen LogP contribution in [0.25, 0.3) is 0 Å². The highest BCUT2D eigenvalue weighted by atomic mass is 16.5. The lowest BCUT2D eigenvalue weighted by atomic mass is 9.77. The highest BCUT2D eigenvalue weighted by Crippen LogP contribution is 2.46. The lowest BCUT2D eigenvalue weighted by Crippen LogP contribution is -2.32. The molecule has 1 aromatic rings. The van der Waals surface area contributed by atoms with E-state index in [1.165, 1.54) is 18.4 Å². The molecule has 1 aromatic carbocycles. The molecule has 0 saturated heterocycles. The molecule has 0 aliphatic heterocycles. The number of methoxy groups -OCH3 is 3. The van der Waals surface area contributed by atoms with E-state index < -0.39 is 0 Å². The molecule has 0 unspecified atom stereocenters. The van der Waals surface area contributed by atoms with Crippen LogP contribution in [0.2, 0.25) is 0 Å². The molecule has 0 aromatic heterocycles. The number of hydrogen-bond donors (Lipinski definition) is 1. The topological polar surface area (TPSA) is 53.7 Å². The first kappa shape index (κ1) is 15.1. The molecule has 2 rings (SSSR count). The van der Waals surface area contributed by atoms with Gasteiger partial charge in [0.05, 0.1) is 26.4 Å². The monoisotopic (exact) mass is 279 g/mol. The number of benzene rings is 1. The third kappa shape index (κ3) is 2.50. The molecule has 1 aliphatic rings. The largest absolute Gasteiger partial charge is 0.496 e. The molecule has 4 heteroatoms. The Kier molecular flexibility index (Phi) is 4.89. The Morgan fingerprint density at radius 1 is 1.10 bits per heavy atom. The third-order valence-electron chi connectivity index (χ3n) is 4.45. The van der Waals surface area contributed by atoms with Gasteiger partial charge < -0.3 is 19.9 Å². The predicted molar refractivity (Wildman–Crippen MR) is 79.5 cm³/mol. The normalized spacial score (nSPS) is 17.2. The van der Waals surface area contributed by atoms with Crippen LogP contribution < -0.4 is 15.2 Å². The van der Waals surface area contributed by atoms with Gasteiger partial charge in [-0.05, 0) is 18.9 Å². The molecular formula is C16H25NO3. The molecule has 1 saturated carbocycles. The van der Waals surface area contributed by atoms with E-state index in [-0.39, 0.29) is 5.41 Å². The van der Waals surface area contributed by atoms with Crippen LogP contribution in [0.5, 0.6) is 11.5 Å². The first-order valence-electron chi connectivity index (χ1n) is 7.15. The van der Waals surface area contributed by atoms with Crippen molar-refractivity contribution in [3.05, 3.63) is 23.3 Å². The van der Waals surface area contributed by atoms with Gasteiger partial charge in [0.2, 0.25) is 0 Å². The van der Waals surface area contributed by atoms with Crippen LogP contribution in [0.3, 0.4) is 0 Å². The summed E-state index contributed by atoms with van der Waals surface area (Å²) in [5.74, 6) is 1.68. The van der Waals surface area contributed by atoms with Gasteiger partial charge in [0, 0.05) is 24.6 Å². The lowest BCUT2D eigenvalue weighted by molar-refractivity contribution is 0.177. The van der Waals surface area contributed by atoms with E-state index in [4.69, 9.17) is 19.9 Å². The van der Waals surface area contributed by atoms with Crippen LogP contribution in [0.4, 0.5) is 0 Å². The minimum Gasteiger partial charge on any atom is -0.496 e. The quantitative estimate of drug-likeness (QED) is 0.869. The molecule has 4 nitrogen and oxygen atoms in total. The molecule has 20 heavy (non-hydrogen) atoms. The van der Waals surface area contributed by atoms with Crippen molar-refractivity contribution in [3.8, 4) is 11.5 Å². The SMILES string of the molecule is COCc1c(OC)ccc(C2(CN)CCCC2)c1OC. The summed E-state index contributed by atoms with van der Waals surface area (Å²) in [5, 5.41) is 0. The van der Waals surface area contributed by atoms with Crippen LogP contribution in [0, 0.1) is 0 Å². The maximum absolute atomic E-state index is 6.10. The first-order valence-corrected chi connectivity index (χ1v) is 7.15. The Morgan fingerprint density at radius 3 is 2.30 bits per heavy atom. The molecule has 0 bridgehead atoms. The van der Waals surface area contributed by atoms with Crippen LogP contribution >= 0.6 is 0 Å². The number of hydrogen-bond acceptors (Lipinski definition) is 4. The van der Waals surface area contributed by atoms with Crippen molar-refractivity contribution >= 4 is 0 Å². The summed E-state index contributed by atoms with van der Waals surface area (Å²) >= 11 is 0. The minimum atomic E-state index is 0.0418. The highest BCUT2D eigenvalue weighted by molar-refractivity contribution is 5.53. The van der Waals surface area contributed by atoms with Crippen molar-refractivity contribution in [2.24, 2.45) is 5.73 Å². The van der Waals surface area contributed by atoms with Gasteiger partial charge in [-0.3, -0.25) is 0 Å². The Balaban J connectivity index is 2.55. The fourth-order valence-electron chi connectivity index (χ4n) is 3.37. The average molecular weight is 279 g/mol. The van der Waals surface area contributed by atoms with E-state index in [0.29, 0.717) is 13.2 Å². The van der Waals surface area contributed by atoms with E-state index >= 15 is 0 Å². The van der Waals surface area contributed by atoms with Gasteiger partial charge in [0.15, 0.2) is 0 Å². The van der Waals surface area contributed by atoms with Crippen LogP contribution in [0.15, 0.2) is 12.1 Å².